The van der Waals surface area contributed by atoms with E-state index in [0.717, 1.165) is 13.1 Å². The summed E-state index contributed by atoms with van der Waals surface area (Å²) in [6.07, 6.45) is 2.44. The van der Waals surface area contributed by atoms with Gasteiger partial charge in [-0.1, -0.05) is 29.8 Å². The molecule has 1 fully saturated rings. The van der Waals surface area contributed by atoms with E-state index >= 15 is 0 Å². The first-order valence-corrected chi connectivity index (χ1v) is 6.59. The summed E-state index contributed by atoms with van der Waals surface area (Å²) in [4.78, 5) is 0. The van der Waals surface area contributed by atoms with Gasteiger partial charge in [0.25, 0.3) is 0 Å². The predicted molar refractivity (Wildman–Crippen MR) is 73.1 cm³/mol. The molecule has 1 atom stereocenters. The molecule has 0 amide bonds. The lowest BCUT2D eigenvalue weighted by atomic mass is 9.89. The fourth-order valence-corrected chi connectivity index (χ4v) is 2.63. The highest BCUT2D eigenvalue weighted by molar-refractivity contribution is 5.22. The first-order valence-electron chi connectivity index (χ1n) is 6.59. The molecule has 1 heterocycles. The number of aryl methyl sites for hydroxylation is 1. The summed E-state index contributed by atoms with van der Waals surface area (Å²) < 4.78 is 0. The van der Waals surface area contributed by atoms with Crippen molar-refractivity contribution in [3.8, 4) is 0 Å². The standard InChI is InChI=1S/C15H24N2/c1-12-5-4-6-13(9-12)11-16-14-7-8-17-15(2,3)10-14/h4-6,9,14,16-17H,7-8,10-11H2,1-3H3. The zero-order valence-corrected chi connectivity index (χ0v) is 11.2. The fraction of sp³-hybridized carbons (Fsp3) is 0.600. The number of hydrogen-bond donors (Lipinski definition) is 2. The van der Waals surface area contributed by atoms with Crippen LogP contribution >= 0.6 is 0 Å². The van der Waals surface area contributed by atoms with Crippen LogP contribution in [0.15, 0.2) is 24.3 Å². The molecule has 0 aromatic heterocycles. The van der Waals surface area contributed by atoms with Crippen LogP contribution in [0.5, 0.6) is 0 Å². The average Bonchev–Trinajstić information content (AvgIpc) is 2.25. The van der Waals surface area contributed by atoms with Crippen LogP contribution in [-0.2, 0) is 6.54 Å². The Morgan fingerprint density at radius 2 is 2.24 bits per heavy atom. The highest BCUT2D eigenvalue weighted by Gasteiger charge is 2.26. The number of piperidine rings is 1. The zero-order valence-electron chi connectivity index (χ0n) is 11.2. The molecule has 0 aliphatic carbocycles. The second-order valence-electron chi connectivity index (χ2n) is 5.87. The molecule has 0 bridgehead atoms. The Bertz CT molecular complexity index is 371. The van der Waals surface area contributed by atoms with E-state index in [-0.39, 0.29) is 5.54 Å². The molecule has 2 heteroatoms. The number of hydrogen-bond acceptors (Lipinski definition) is 2. The molecule has 2 rings (SSSR count). The maximum atomic E-state index is 3.68. The van der Waals surface area contributed by atoms with Crippen LogP contribution in [-0.4, -0.2) is 18.1 Å². The third kappa shape index (κ3) is 3.83. The van der Waals surface area contributed by atoms with Crippen LogP contribution in [0.4, 0.5) is 0 Å². The van der Waals surface area contributed by atoms with Crippen molar-refractivity contribution >= 4 is 0 Å². The minimum atomic E-state index is 0.280. The van der Waals surface area contributed by atoms with Gasteiger partial charge in [-0.2, -0.15) is 0 Å². The van der Waals surface area contributed by atoms with Crippen LogP contribution in [0, 0.1) is 6.92 Å². The maximum Gasteiger partial charge on any atom is 0.0208 e. The molecule has 0 spiro atoms. The lowest BCUT2D eigenvalue weighted by molar-refractivity contribution is 0.247. The van der Waals surface area contributed by atoms with E-state index in [9.17, 15) is 0 Å². The van der Waals surface area contributed by atoms with E-state index in [1.165, 1.54) is 24.0 Å². The van der Waals surface area contributed by atoms with E-state index in [0.29, 0.717) is 6.04 Å². The lowest BCUT2D eigenvalue weighted by Gasteiger charge is -2.37. The normalized spacial score (nSPS) is 23.6. The lowest BCUT2D eigenvalue weighted by Crippen LogP contribution is -2.51. The molecule has 1 aliphatic rings. The summed E-state index contributed by atoms with van der Waals surface area (Å²) in [5.41, 5.74) is 3.01. The Morgan fingerprint density at radius 1 is 1.41 bits per heavy atom. The number of nitrogens with one attached hydrogen (secondary N) is 2. The van der Waals surface area contributed by atoms with Crippen LogP contribution in [0.2, 0.25) is 0 Å². The summed E-state index contributed by atoms with van der Waals surface area (Å²) in [7, 11) is 0. The predicted octanol–water partition coefficient (Wildman–Crippen LogP) is 2.62. The van der Waals surface area contributed by atoms with Gasteiger partial charge in [-0.25, -0.2) is 0 Å². The molecule has 0 saturated carbocycles. The molecule has 2 nitrogen and oxygen atoms in total. The van der Waals surface area contributed by atoms with E-state index in [4.69, 9.17) is 0 Å². The third-order valence-electron chi connectivity index (χ3n) is 3.53. The summed E-state index contributed by atoms with van der Waals surface area (Å²) >= 11 is 0. The molecule has 94 valence electrons. The summed E-state index contributed by atoms with van der Waals surface area (Å²) in [5, 5.41) is 7.24. The van der Waals surface area contributed by atoms with Gasteiger partial charge in [0.15, 0.2) is 0 Å². The van der Waals surface area contributed by atoms with Gasteiger partial charge in [0, 0.05) is 18.1 Å². The number of rotatable bonds is 3. The Labute approximate surface area is 105 Å². The second kappa shape index (κ2) is 5.19. The summed E-state index contributed by atoms with van der Waals surface area (Å²) in [6.45, 7) is 8.83. The average molecular weight is 232 g/mol. The quantitative estimate of drug-likeness (QED) is 0.837. The Balaban J connectivity index is 1.86. The number of benzene rings is 1. The highest BCUT2D eigenvalue weighted by Crippen LogP contribution is 2.18. The molecule has 1 saturated heterocycles. The summed E-state index contributed by atoms with van der Waals surface area (Å²) in [6, 6.07) is 9.40. The van der Waals surface area contributed by atoms with Gasteiger partial charge in [0.2, 0.25) is 0 Å². The van der Waals surface area contributed by atoms with Crippen molar-refractivity contribution in [1.29, 1.82) is 0 Å². The van der Waals surface area contributed by atoms with E-state index in [2.05, 4.69) is 55.7 Å². The van der Waals surface area contributed by atoms with Crippen LogP contribution in [0.3, 0.4) is 0 Å². The molecule has 0 radical (unpaired) electrons. The summed E-state index contributed by atoms with van der Waals surface area (Å²) in [5.74, 6) is 0. The van der Waals surface area contributed by atoms with Crippen molar-refractivity contribution in [3.05, 3.63) is 35.4 Å². The fourth-order valence-electron chi connectivity index (χ4n) is 2.63. The Hall–Kier alpha value is -0.860. The Kier molecular flexibility index (Phi) is 3.85. The minimum Gasteiger partial charge on any atom is -0.312 e. The van der Waals surface area contributed by atoms with E-state index in [1.807, 2.05) is 0 Å². The van der Waals surface area contributed by atoms with Crippen molar-refractivity contribution in [2.45, 2.75) is 51.7 Å². The first kappa shape index (κ1) is 12.6. The van der Waals surface area contributed by atoms with Gasteiger partial charge in [0.1, 0.15) is 0 Å². The van der Waals surface area contributed by atoms with Crippen molar-refractivity contribution in [1.82, 2.24) is 10.6 Å². The van der Waals surface area contributed by atoms with E-state index < -0.39 is 0 Å². The smallest absolute Gasteiger partial charge is 0.0208 e. The van der Waals surface area contributed by atoms with Crippen molar-refractivity contribution in [3.63, 3.8) is 0 Å². The van der Waals surface area contributed by atoms with Gasteiger partial charge in [-0.05, 0) is 45.7 Å². The second-order valence-corrected chi connectivity index (χ2v) is 5.87. The molecule has 17 heavy (non-hydrogen) atoms. The minimum absolute atomic E-state index is 0.280. The SMILES string of the molecule is Cc1cccc(CNC2CCNC(C)(C)C2)c1. The largest absolute Gasteiger partial charge is 0.312 e. The molecule has 1 aromatic carbocycles. The maximum absolute atomic E-state index is 3.68. The zero-order chi connectivity index (χ0) is 12.3. The van der Waals surface area contributed by atoms with Gasteiger partial charge in [-0.15, -0.1) is 0 Å². The highest BCUT2D eigenvalue weighted by atomic mass is 15.0. The van der Waals surface area contributed by atoms with Gasteiger partial charge >= 0.3 is 0 Å². The van der Waals surface area contributed by atoms with Gasteiger partial charge in [0.05, 0.1) is 0 Å². The monoisotopic (exact) mass is 232 g/mol. The van der Waals surface area contributed by atoms with Crippen molar-refractivity contribution in [2.24, 2.45) is 0 Å². The Morgan fingerprint density at radius 3 is 2.94 bits per heavy atom. The van der Waals surface area contributed by atoms with Crippen LogP contribution < -0.4 is 10.6 Å². The van der Waals surface area contributed by atoms with Crippen molar-refractivity contribution in [2.75, 3.05) is 6.54 Å². The third-order valence-corrected chi connectivity index (χ3v) is 3.53. The van der Waals surface area contributed by atoms with Crippen LogP contribution in [0.1, 0.15) is 37.8 Å². The molecule has 1 aromatic rings. The molecule has 1 unspecified atom stereocenters. The van der Waals surface area contributed by atoms with Gasteiger partial charge < -0.3 is 10.6 Å². The van der Waals surface area contributed by atoms with E-state index in [1.54, 1.807) is 0 Å². The molecular formula is C15H24N2. The van der Waals surface area contributed by atoms with Crippen molar-refractivity contribution < 1.29 is 0 Å². The van der Waals surface area contributed by atoms with Gasteiger partial charge in [-0.3, -0.25) is 0 Å². The molecule has 1 aliphatic heterocycles. The topological polar surface area (TPSA) is 24.1 Å². The molecule has 2 N–H and O–H groups in total. The molecular weight excluding hydrogens is 208 g/mol. The van der Waals surface area contributed by atoms with Crippen LogP contribution in [0.25, 0.3) is 0 Å². The first-order chi connectivity index (χ1) is 8.05.